The number of aromatic nitrogens is 2. The molecule has 0 spiro atoms. The van der Waals surface area contributed by atoms with Crippen LogP contribution in [0.1, 0.15) is 24.6 Å². The van der Waals surface area contributed by atoms with Crippen LogP contribution in [0.3, 0.4) is 0 Å². The van der Waals surface area contributed by atoms with E-state index < -0.39 is 18.6 Å². The fourth-order valence-electron chi connectivity index (χ4n) is 1.46. The van der Waals surface area contributed by atoms with Gasteiger partial charge >= 0.3 is 6.18 Å². The third-order valence-electron chi connectivity index (χ3n) is 2.40. The molecule has 0 bridgehead atoms. The Morgan fingerprint density at radius 3 is 2.53 bits per heavy atom. The lowest BCUT2D eigenvalue weighted by atomic mass is 10.1. The maximum Gasteiger partial charge on any atom is 0.389 e. The van der Waals surface area contributed by atoms with E-state index in [1.165, 1.54) is 20.4 Å². The fraction of sp³-hybridized carbons (Fsp3) is 0.600. The Labute approximate surface area is 108 Å². The van der Waals surface area contributed by atoms with Crippen molar-refractivity contribution in [3.63, 3.8) is 0 Å². The maximum atomic E-state index is 12.2. The molecule has 0 saturated heterocycles. The molecule has 1 heterocycles. The van der Waals surface area contributed by atoms with Crippen molar-refractivity contribution in [2.45, 2.75) is 25.1 Å². The molecule has 19 heavy (non-hydrogen) atoms. The Morgan fingerprint density at radius 2 is 2.05 bits per heavy atom. The topological polar surface area (TPSA) is 82.3 Å². The molecule has 0 saturated carbocycles. The minimum Gasteiger partial charge on any atom is -0.480 e. The van der Waals surface area contributed by atoms with Gasteiger partial charge in [-0.25, -0.2) is 4.98 Å². The minimum absolute atomic E-state index is 0.0736. The van der Waals surface area contributed by atoms with Crippen molar-refractivity contribution in [3.05, 3.63) is 11.9 Å². The Kier molecular flexibility index (Phi) is 5.31. The molecule has 0 aliphatic carbocycles. The normalized spacial score (nSPS) is 13.2. The molecule has 9 heteroatoms. The molecule has 0 radical (unpaired) electrons. The van der Waals surface area contributed by atoms with Crippen LogP contribution >= 0.6 is 0 Å². The zero-order valence-corrected chi connectivity index (χ0v) is 10.5. The molecular formula is C10H15F3N4O2. The first kappa shape index (κ1) is 15.4. The average Bonchev–Trinajstić information content (AvgIpc) is 2.38. The van der Waals surface area contributed by atoms with Crippen molar-refractivity contribution in [2.24, 2.45) is 5.84 Å². The summed E-state index contributed by atoms with van der Waals surface area (Å²) in [5, 5.41) is 0. The number of halogens is 3. The van der Waals surface area contributed by atoms with Gasteiger partial charge in [0.05, 0.1) is 26.5 Å². The standard InChI is InChI=1S/C10H15F3N4O2/c1-18-7-5-15-8(9(16-7)19-2)6(17-14)3-4-10(11,12)13/h5-6,17H,3-4,14H2,1-2H3. The number of alkyl halides is 3. The highest BCUT2D eigenvalue weighted by molar-refractivity contribution is 5.25. The lowest BCUT2D eigenvalue weighted by Gasteiger charge is -2.18. The first-order chi connectivity index (χ1) is 8.91. The Hall–Kier alpha value is -1.61. The first-order valence-electron chi connectivity index (χ1n) is 5.39. The van der Waals surface area contributed by atoms with Crippen molar-refractivity contribution in [2.75, 3.05) is 14.2 Å². The van der Waals surface area contributed by atoms with Gasteiger partial charge in [-0.05, 0) is 6.42 Å². The van der Waals surface area contributed by atoms with Crippen LogP contribution in [0.4, 0.5) is 13.2 Å². The molecule has 108 valence electrons. The second-order valence-corrected chi connectivity index (χ2v) is 3.68. The predicted octanol–water partition coefficient (Wildman–Crippen LogP) is 1.34. The Bertz CT molecular complexity index is 414. The quantitative estimate of drug-likeness (QED) is 0.604. The first-order valence-corrected chi connectivity index (χ1v) is 5.39. The van der Waals surface area contributed by atoms with Crippen LogP contribution in [0, 0.1) is 0 Å². The van der Waals surface area contributed by atoms with Crippen LogP contribution in [-0.2, 0) is 0 Å². The van der Waals surface area contributed by atoms with Crippen LogP contribution < -0.4 is 20.7 Å². The Balaban J connectivity index is 2.91. The number of nitrogens with two attached hydrogens (primary N) is 1. The van der Waals surface area contributed by atoms with Gasteiger partial charge in [0, 0.05) is 6.42 Å². The van der Waals surface area contributed by atoms with Gasteiger partial charge in [0.2, 0.25) is 11.8 Å². The molecule has 3 N–H and O–H groups in total. The van der Waals surface area contributed by atoms with Gasteiger partial charge < -0.3 is 9.47 Å². The van der Waals surface area contributed by atoms with E-state index in [0.29, 0.717) is 0 Å². The van der Waals surface area contributed by atoms with Gasteiger partial charge in [0.1, 0.15) is 5.69 Å². The smallest absolute Gasteiger partial charge is 0.389 e. The fourth-order valence-corrected chi connectivity index (χ4v) is 1.46. The molecule has 0 fully saturated rings. The summed E-state index contributed by atoms with van der Waals surface area (Å²) in [4.78, 5) is 7.91. The van der Waals surface area contributed by atoms with Gasteiger partial charge in [-0.15, -0.1) is 0 Å². The van der Waals surface area contributed by atoms with Crippen LogP contribution in [-0.4, -0.2) is 30.4 Å². The third kappa shape index (κ3) is 4.52. The zero-order chi connectivity index (χ0) is 14.5. The number of hydrazine groups is 1. The second kappa shape index (κ2) is 6.53. The highest BCUT2D eigenvalue weighted by Gasteiger charge is 2.30. The van der Waals surface area contributed by atoms with E-state index in [0.717, 1.165) is 0 Å². The highest BCUT2D eigenvalue weighted by Crippen LogP contribution is 2.30. The summed E-state index contributed by atoms with van der Waals surface area (Å²) in [5.74, 6) is 5.53. The van der Waals surface area contributed by atoms with Gasteiger partial charge in [0.15, 0.2) is 0 Å². The van der Waals surface area contributed by atoms with Crippen LogP contribution in [0.5, 0.6) is 11.8 Å². The molecular weight excluding hydrogens is 265 g/mol. The number of nitrogens with one attached hydrogen (secondary N) is 1. The predicted molar refractivity (Wildman–Crippen MR) is 60.5 cm³/mol. The van der Waals surface area contributed by atoms with E-state index in [2.05, 4.69) is 15.4 Å². The van der Waals surface area contributed by atoms with Crippen LogP contribution in [0.15, 0.2) is 6.20 Å². The van der Waals surface area contributed by atoms with Crippen LogP contribution in [0.2, 0.25) is 0 Å². The highest BCUT2D eigenvalue weighted by atomic mass is 19.4. The number of rotatable bonds is 6. The maximum absolute atomic E-state index is 12.2. The second-order valence-electron chi connectivity index (χ2n) is 3.68. The lowest BCUT2D eigenvalue weighted by molar-refractivity contribution is -0.136. The molecule has 1 unspecified atom stereocenters. The van der Waals surface area contributed by atoms with Crippen LogP contribution in [0.25, 0.3) is 0 Å². The molecule has 0 aliphatic heterocycles. The van der Waals surface area contributed by atoms with Gasteiger partial charge in [0.25, 0.3) is 0 Å². The summed E-state index contributed by atoms with van der Waals surface area (Å²) in [6.45, 7) is 0. The summed E-state index contributed by atoms with van der Waals surface area (Å²) in [6.07, 6.45) is -4.23. The Morgan fingerprint density at radius 1 is 1.37 bits per heavy atom. The van der Waals surface area contributed by atoms with Gasteiger partial charge in [-0.3, -0.25) is 11.3 Å². The summed E-state index contributed by atoms with van der Waals surface area (Å²) >= 11 is 0. The number of ether oxygens (including phenoxy) is 2. The molecule has 0 amide bonds. The summed E-state index contributed by atoms with van der Waals surface area (Å²) in [5.41, 5.74) is 2.48. The molecule has 0 aromatic carbocycles. The van der Waals surface area contributed by atoms with Crippen molar-refractivity contribution >= 4 is 0 Å². The van der Waals surface area contributed by atoms with E-state index in [9.17, 15) is 13.2 Å². The molecule has 1 aromatic heterocycles. The van der Waals surface area contributed by atoms with E-state index in [4.69, 9.17) is 15.3 Å². The van der Waals surface area contributed by atoms with E-state index in [1.807, 2.05) is 0 Å². The molecule has 1 rings (SSSR count). The van der Waals surface area contributed by atoms with Crippen molar-refractivity contribution < 1.29 is 22.6 Å². The van der Waals surface area contributed by atoms with E-state index in [1.54, 1.807) is 0 Å². The molecule has 1 aromatic rings. The minimum atomic E-state index is -4.26. The van der Waals surface area contributed by atoms with Gasteiger partial charge in [-0.1, -0.05) is 0 Å². The zero-order valence-electron chi connectivity index (χ0n) is 10.5. The van der Waals surface area contributed by atoms with Crippen molar-refractivity contribution in [1.29, 1.82) is 0 Å². The van der Waals surface area contributed by atoms with E-state index in [-0.39, 0.29) is 23.9 Å². The number of nitrogens with zero attached hydrogens (tertiary/aromatic N) is 2. The van der Waals surface area contributed by atoms with Crippen molar-refractivity contribution in [3.8, 4) is 11.8 Å². The summed E-state index contributed by atoms with van der Waals surface area (Å²) < 4.78 is 46.5. The monoisotopic (exact) mass is 280 g/mol. The third-order valence-corrected chi connectivity index (χ3v) is 2.40. The van der Waals surface area contributed by atoms with Crippen molar-refractivity contribution in [1.82, 2.24) is 15.4 Å². The molecule has 6 nitrogen and oxygen atoms in total. The number of hydrogen-bond donors (Lipinski definition) is 2. The van der Waals surface area contributed by atoms with Gasteiger partial charge in [-0.2, -0.15) is 18.2 Å². The largest absolute Gasteiger partial charge is 0.480 e. The summed E-state index contributed by atoms with van der Waals surface area (Å²) in [6, 6.07) is -0.810. The number of methoxy groups -OCH3 is 2. The molecule has 1 atom stereocenters. The average molecular weight is 280 g/mol. The lowest BCUT2D eigenvalue weighted by Crippen LogP contribution is -2.30. The summed E-state index contributed by atoms with van der Waals surface area (Å²) in [7, 11) is 2.73. The SMILES string of the molecule is COc1cnc(C(CCC(F)(F)F)NN)c(OC)n1. The molecule has 0 aliphatic rings. The van der Waals surface area contributed by atoms with E-state index >= 15 is 0 Å². The number of hydrogen-bond acceptors (Lipinski definition) is 6.